The van der Waals surface area contributed by atoms with E-state index in [4.69, 9.17) is 27.6 Å². The van der Waals surface area contributed by atoms with E-state index >= 15 is 0 Å². The fourth-order valence-electron chi connectivity index (χ4n) is 2.01. The Morgan fingerprint density at radius 3 is 2.33 bits per heavy atom. The third-order valence-electron chi connectivity index (χ3n) is 3.05. The van der Waals surface area contributed by atoms with Gasteiger partial charge >= 0.3 is 0 Å². The Labute approximate surface area is 125 Å². The summed E-state index contributed by atoms with van der Waals surface area (Å²) in [6.45, 7) is 0. The lowest BCUT2D eigenvalue weighted by atomic mass is 9.80. The Bertz CT molecular complexity index is 492. The number of benzene rings is 1. The van der Waals surface area contributed by atoms with Crippen molar-refractivity contribution in [3.63, 3.8) is 0 Å². The first-order valence-electron chi connectivity index (χ1n) is 5.61. The first kappa shape index (κ1) is 14.0. The molecule has 0 atom stereocenters. The molecule has 0 spiro atoms. The standard InChI is InChI=1S/C14H13BrCl2O/c15-13-6-2-1-5-12(13)14(9-16,10-17)8-11-4-3-7-18-11/h1-7H,8-10H2. The van der Waals surface area contributed by atoms with Gasteiger partial charge in [-0.15, -0.1) is 23.2 Å². The van der Waals surface area contributed by atoms with Gasteiger partial charge in [-0.3, -0.25) is 0 Å². The second kappa shape index (κ2) is 6.14. The quantitative estimate of drug-likeness (QED) is 0.693. The predicted octanol–water partition coefficient (Wildman–Crippen LogP) is 5.00. The van der Waals surface area contributed by atoms with Crippen molar-refractivity contribution < 1.29 is 4.42 Å². The van der Waals surface area contributed by atoms with Crippen LogP contribution in [0.5, 0.6) is 0 Å². The van der Waals surface area contributed by atoms with Crippen LogP contribution < -0.4 is 0 Å². The molecule has 0 aliphatic heterocycles. The van der Waals surface area contributed by atoms with Gasteiger partial charge in [0.05, 0.1) is 6.26 Å². The highest BCUT2D eigenvalue weighted by Gasteiger charge is 2.33. The van der Waals surface area contributed by atoms with Gasteiger partial charge in [0.2, 0.25) is 0 Å². The van der Waals surface area contributed by atoms with E-state index in [0.717, 1.165) is 15.8 Å². The van der Waals surface area contributed by atoms with Gasteiger partial charge in [-0.2, -0.15) is 0 Å². The lowest BCUT2D eigenvalue weighted by Gasteiger charge is -2.30. The number of alkyl halides is 2. The maximum atomic E-state index is 6.20. The summed E-state index contributed by atoms with van der Waals surface area (Å²) < 4.78 is 6.45. The molecule has 0 bridgehead atoms. The van der Waals surface area contributed by atoms with Crippen LogP contribution in [-0.2, 0) is 11.8 Å². The topological polar surface area (TPSA) is 13.1 Å². The van der Waals surface area contributed by atoms with E-state index in [0.29, 0.717) is 18.2 Å². The van der Waals surface area contributed by atoms with Crippen LogP contribution in [0.25, 0.3) is 0 Å². The first-order valence-corrected chi connectivity index (χ1v) is 7.47. The average Bonchev–Trinajstić information content (AvgIpc) is 2.90. The molecule has 2 rings (SSSR count). The minimum Gasteiger partial charge on any atom is -0.469 e. The molecule has 0 saturated carbocycles. The molecular weight excluding hydrogens is 335 g/mol. The van der Waals surface area contributed by atoms with Crippen LogP contribution in [-0.4, -0.2) is 11.8 Å². The lowest BCUT2D eigenvalue weighted by Crippen LogP contribution is -2.33. The third kappa shape index (κ3) is 2.76. The number of rotatable bonds is 5. The summed E-state index contributed by atoms with van der Waals surface area (Å²) >= 11 is 16.0. The molecule has 2 aromatic rings. The van der Waals surface area contributed by atoms with E-state index in [2.05, 4.69) is 22.0 Å². The van der Waals surface area contributed by atoms with Crippen LogP contribution in [0.1, 0.15) is 11.3 Å². The van der Waals surface area contributed by atoms with Crippen molar-refractivity contribution in [1.29, 1.82) is 0 Å². The van der Waals surface area contributed by atoms with Gasteiger partial charge in [-0.1, -0.05) is 34.1 Å². The highest BCUT2D eigenvalue weighted by atomic mass is 79.9. The molecule has 0 saturated heterocycles. The molecule has 96 valence electrons. The van der Waals surface area contributed by atoms with Crippen LogP contribution in [0.3, 0.4) is 0 Å². The Kier molecular flexibility index (Phi) is 4.77. The second-order valence-corrected chi connectivity index (χ2v) is 5.67. The minimum absolute atomic E-state index is 0.318. The Balaban J connectivity index is 2.40. The predicted molar refractivity (Wildman–Crippen MR) is 79.7 cm³/mol. The highest BCUT2D eigenvalue weighted by Crippen LogP contribution is 2.36. The molecule has 0 fully saturated rings. The second-order valence-electron chi connectivity index (χ2n) is 4.28. The molecule has 1 aromatic heterocycles. The number of halogens is 3. The summed E-state index contributed by atoms with van der Waals surface area (Å²) in [5.74, 6) is 1.78. The Morgan fingerprint density at radius 2 is 1.78 bits per heavy atom. The van der Waals surface area contributed by atoms with Crippen LogP contribution in [0.15, 0.2) is 51.6 Å². The van der Waals surface area contributed by atoms with E-state index < -0.39 is 0 Å². The van der Waals surface area contributed by atoms with Crippen LogP contribution >= 0.6 is 39.1 Å². The maximum Gasteiger partial charge on any atom is 0.104 e. The summed E-state index contributed by atoms with van der Waals surface area (Å²) in [6, 6.07) is 11.9. The molecule has 0 amide bonds. The largest absolute Gasteiger partial charge is 0.469 e. The van der Waals surface area contributed by atoms with Crippen molar-refractivity contribution in [2.45, 2.75) is 11.8 Å². The molecule has 1 nitrogen and oxygen atoms in total. The lowest BCUT2D eigenvalue weighted by molar-refractivity contribution is 0.436. The molecular formula is C14H13BrCl2O. The summed E-state index contributed by atoms with van der Waals surface area (Å²) in [5.41, 5.74) is 0.799. The number of hydrogen-bond donors (Lipinski definition) is 0. The van der Waals surface area contributed by atoms with Crippen molar-refractivity contribution >= 4 is 39.1 Å². The first-order chi connectivity index (χ1) is 8.72. The normalized spacial score (nSPS) is 11.7. The summed E-state index contributed by atoms with van der Waals surface area (Å²) in [7, 11) is 0. The van der Waals surface area contributed by atoms with Crippen molar-refractivity contribution in [3.8, 4) is 0 Å². The third-order valence-corrected chi connectivity index (χ3v) is 4.76. The molecule has 4 heteroatoms. The van der Waals surface area contributed by atoms with Gasteiger partial charge < -0.3 is 4.42 Å². The highest BCUT2D eigenvalue weighted by molar-refractivity contribution is 9.10. The SMILES string of the molecule is ClCC(CCl)(Cc1ccco1)c1ccccc1Br. The molecule has 0 aliphatic carbocycles. The van der Waals surface area contributed by atoms with Gasteiger partial charge in [0.25, 0.3) is 0 Å². The van der Waals surface area contributed by atoms with Crippen LogP contribution in [0, 0.1) is 0 Å². The van der Waals surface area contributed by atoms with Gasteiger partial charge in [0.15, 0.2) is 0 Å². The zero-order chi connectivity index (χ0) is 13.0. The molecule has 1 heterocycles. The minimum atomic E-state index is -0.318. The summed E-state index contributed by atoms with van der Waals surface area (Å²) in [6.07, 6.45) is 2.36. The van der Waals surface area contributed by atoms with Gasteiger partial charge in [-0.05, 0) is 23.8 Å². The van der Waals surface area contributed by atoms with Gasteiger partial charge in [0.1, 0.15) is 5.76 Å². The number of hydrogen-bond acceptors (Lipinski definition) is 1. The molecule has 0 unspecified atom stereocenters. The molecule has 0 radical (unpaired) electrons. The van der Waals surface area contributed by atoms with E-state index in [1.54, 1.807) is 6.26 Å². The molecule has 0 aliphatic rings. The van der Waals surface area contributed by atoms with E-state index in [1.807, 2.05) is 30.3 Å². The van der Waals surface area contributed by atoms with Gasteiger partial charge in [0, 0.05) is 28.1 Å². The fourth-order valence-corrected chi connectivity index (χ4v) is 3.48. The van der Waals surface area contributed by atoms with Crippen LogP contribution in [0.2, 0.25) is 0 Å². The fraction of sp³-hybridized carbons (Fsp3) is 0.286. The van der Waals surface area contributed by atoms with Crippen molar-refractivity contribution in [2.75, 3.05) is 11.8 Å². The summed E-state index contributed by atoms with van der Waals surface area (Å²) in [4.78, 5) is 0. The van der Waals surface area contributed by atoms with Crippen molar-refractivity contribution in [1.82, 2.24) is 0 Å². The van der Waals surface area contributed by atoms with E-state index in [1.165, 1.54) is 0 Å². The smallest absolute Gasteiger partial charge is 0.104 e. The van der Waals surface area contributed by atoms with Crippen molar-refractivity contribution in [2.24, 2.45) is 0 Å². The average molecular weight is 348 g/mol. The Morgan fingerprint density at radius 1 is 1.06 bits per heavy atom. The molecule has 0 N–H and O–H groups in total. The summed E-state index contributed by atoms with van der Waals surface area (Å²) in [5, 5.41) is 0. The van der Waals surface area contributed by atoms with Gasteiger partial charge in [-0.25, -0.2) is 0 Å². The van der Waals surface area contributed by atoms with Crippen molar-refractivity contribution in [3.05, 3.63) is 58.5 Å². The molecule has 18 heavy (non-hydrogen) atoms. The van der Waals surface area contributed by atoms with E-state index in [-0.39, 0.29) is 5.41 Å². The zero-order valence-corrected chi connectivity index (χ0v) is 12.8. The number of furan rings is 1. The maximum absolute atomic E-state index is 6.20. The Hall–Kier alpha value is -0.440. The van der Waals surface area contributed by atoms with E-state index in [9.17, 15) is 0 Å². The molecule has 1 aromatic carbocycles. The van der Waals surface area contributed by atoms with Crippen LogP contribution in [0.4, 0.5) is 0 Å². The zero-order valence-electron chi connectivity index (χ0n) is 9.70. The monoisotopic (exact) mass is 346 g/mol.